The summed E-state index contributed by atoms with van der Waals surface area (Å²) in [5.74, 6) is 0.309. The first-order valence-electron chi connectivity index (χ1n) is 11.3. The van der Waals surface area contributed by atoms with Gasteiger partial charge in [-0.1, -0.05) is 48.0 Å². The molecule has 1 saturated heterocycles. The van der Waals surface area contributed by atoms with Gasteiger partial charge in [0, 0.05) is 31.2 Å². The number of benzene rings is 2. The Kier molecular flexibility index (Phi) is 6.69. The van der Waals surface area contributed by atoms with Crippen LogP contribution in [0, 0.1) is 6.92 Å². The molecule has 1 aliphatic heterocycles. The van der Waals surface area contributed by atoms with E-state index in [1.54, 1.807) is 11.1 Å². The highest BCUT2D eigenvalue weighted by Gasteiger charge is 2.29. The largest absolute Gasteiger partial charge is 0.342 e. The van der Waals surface area contributed by atoms with Gasteiger partial charge in [0.15, 0.2) is 0 Å². The second kappa shape index (κ2) is 9.81. The molecule has 0 spiro atoms. The van der Waals surface area contributed by atoms with E-state index in [0.29, 0.717) is 31.6 Å². The minimum atomic E-state index is -0.0414. The summed E-state index contributed by atoms with van der Waals surface area (Å²) in [7, 11) is 0. The van der Waals surface area contributed by atoms with Crippen molar-refractivity contribution in [3.63, 3.8) is 0 Å². The lowest BCUT2D eigenvalue weighted by Gasteiger charge is -2.32. The van der Waals surface area contributed by atoms with Crippen molar-refractivity contribution in [1.29, 1.82) is 0 Å². The zero-order chi connectivity index (χ0) is 22.5. The normalized spacial score (nSPS) is 14.4. The SMILES string of the molecule is CCN(C(=O)c1cn[nH]c1C1CCN(C(=O)Cc2ccc(C)cc2)CC1)c1ccccc1. The lowest BCUT2D eigenvalue weighted by atomic mass is 9.90. The number of aromatic amines is 1. The first-order chi connectivity index (χ1) is 15.6. The van der Waals surface area contributed by atoms with Gasteiger partial charge in [-0.2, -0.15) is 5.10 Å². The van der Waals surface area contributed by atoms with Crippen molar-refractivity contribution in [2.45, 2.75) is 39.0 Å². The van der Waals surface area contributed by atoms with Crippen LogP contribution in [-0.4, -0.2) is 46.5 Å². The monoisotopic (exact) mass is 430 g/mol. The van der Waals surface area contributed by atoms with Gasteiger partial charge in [0.25, 0.3) is 5.91 Å². The minimum absolute atomic E-state index is 0.0414. The van der Waals surface area contributed by atoms with Gasteiger partial charge in [0.2, 0.25) is 5.91 Å². The number of nitrogens with one attached hydrogen (secondary N) is 1. The highest BCUT2D eigenvalue weighted by molar-refractivity contribution is 6.06. The number of para-hydroxylation sites is 1. The number of piperidine rings is 1. The van der Waals surface area contributed by atoms with Crippen molar-refractivity contribution >= 4 is 17.5 Å². The molecule has 3 aromatic rings. The van der Waals surface area contributed by atoms with E-state index in [9.17, 15) is 9.59 Å². The van der Waals surface area contributed by atoms with Crippen LogP contribution in [0.2, 0.25) is 0 Å². The van der Waals surface area contributed by atoms with E-state index in [-0.39, 0.29) is 17.7 Å². The summed E-state index contributed by atoms with van der Waals surface area (Å²) in [6, 6.07) is 17.8. The molecule has 1 aromatic heterocycles. The van der Waals surface area contributed by atoms with Crippen LogP contribution in [-0.2, 0) is 11.2 Å². The maximum Gasteiger partial charge on any atom is 0.261 e. The molecule has 0 atom stereocenters. The van der Waals surface area contributed by atoms with Crippen LogP contribution in [0.3, 0.4) is 0 Å². The Morgan fingerprint density at radius 3 is 2.41 bits per heavy atom. The number of aromatic nitrogens is 2. The Morgan fingerprint density at radius 2 is 1.75 bits per heavy atom. The summed E-state index contributed by atoms with van der Waals surface area (Å²) in [6.45, 7) is 5.99. The molecule has 0 radical (unpaired) electrons. The molecule has 2 amide bonds. The maximum absolute atomic E-state index is 13.3. The van der Waals surface area contributed by atoms with E-state index in [1.807, 2.05) is 73.3 Å². The number of amides is 2. The molecule has 166 valence electrons. The highest BCUT2D eigenvalue weighted by Crippen LogP contribution is 2.30. The first kappa shape index (κ1) is 21.8. The molecule has 0 bridgehead atoms. The average Bonchev–Trinajstić information content (AvgIpc) is 3.32. The topological polar surface area (TPSA) is 69.3 Å². The maximum atomic E-state index is 13.3. The predicted molar refractivity (Wildman–Crippen MR) is 126 cm³/mol. The van der Waals surface area contributed by atoms with Crippen molar-refractivity contribution in [3.05, 3.63) is 83.2 Å². The minimum Gasteiger partial charge on any atom is -0.342 e. The molecule has 0 unspecified atom stereocenters. The van der Waals surface area contributed by atoms with Gasteiger partial charge in [-0.05, 0) is 44.4 Å². The molecule has 4 rings (SSSR count). The molecule has 2 heterocycles. The van der Waals surface area contributed by atoms with Gasteiger partial charge in [0.05, 0.1) is 23.9 Å². The molecular weight excluding hydrogens is 400 g/mol. The summed E-state index contributed by atoms with van der Waals surface area (Å²) in [5, 5.41) is 7.27. The van der Waals surface area contributed by atoms with Gasteiger partial charge in [0.1, 0.15) is 0 Å². The van der Waals surface area contributed by atoms with E-state index in [0.717, 1.165) is 29.8 Å². The van der Waals surface area contributed by atoms with Crippen molar-refractivity contribution in [1.82, 2.24) is 15.1 Å². The van der Waals surface area contributed by atoms with Gasteiger partial charge in [-0.3, -0.25) is 14.7 Å². The predicted octanol–water partition coefficient (Wildman–Crippen LogP) is 4.33. The molecular formula is C26H30N4O2. The smallest absolute Gasteiger partial charge is 0.261 e. The quantitative estimate of drug-likeness (QED) is 0.633. The number of likely N-dealkylation sites (tertiary alicyclic amines) is 1. The average molecular weight is 431 g/mol. The number of hydrogen-bond acceptors (Lipinski definition) is 3. The number of nitrogens with zero attached hydrogens (tertiary/aromatic N) is 3. The van der Waals surface area contributed by atoms with Gasteiger partial charge >= 0.3 is 0 Å². The fourth-order valence-corrected chi connectivity index (χ4v) is 4.38. The lowest BCUT2D eigenvalue weighted by molar-refractivity contribution is -0.131. The van der Waals surface area contributed by atoms with Crippen LogP contribution >= 0.6 is 0 Å². The number of carbonyl (C=O) groups excluding carboxylic acids is 2. The van der Waals surface area contributed by atoms with Crippen LogP contribution in [0.4, 0.5) is 5.69 Å². The molecule has 1 fully saturated rings. The second-order valence-electron chi connectivity index (χ2n) is 8.40. The molecule has 0 aliphatic carbocycles. The van der Waals surface area contributed by atoms with Gasteiger partial charge < -0.3 is 9.80 Å². The third-order valence-electron chi connectivity index (χ3n) is 6.26. The molecule has 6 nitrogen and oxygen atoms in total. The molecule has 6 heteroatoms. The third-order valence-corrected chi connectivity index (χ3v) is 6.26. The standard InChI is InChI=1S/C26H30N4O2/c1-3-30(22-7-5-4-6-8-22)26(32)23-18-27-28-25(23)21-13-15-29(16-14-21)24(31)17-20-11-9-19(2)10-12-20/h4-12,18,21H,3,13-17H2,1-2H3,(H,27,28). The van der Waals surface area contributed by atoms with Crippen molar-refractivity contribution in [2.24, 2.45) is 0 Å². The Labute approximate surface area is 189 Å². The van der Waals surface area contributed by atoms with Gasteiger partial charge in [-0.15, -0.1) is 0 Å². The summed E-state index contributed by atoms with van der Waals surface area (Å²) in [6.07, 6.45) is 3.71. The van der Waals surface area contributed by atoms with Crippen LogP contribution in [0.1, 0.15) is 52.9 Å². The Hall–Kier alpha value is -3.41. The fourth-order valence-electron chi connectivity index (χ4n) is 4.38. The summed E-state index contributed by atoms with van der Waals surface area (Å²) in [5.41, 5.74) is 4.63. The van der Waals surface area contributed by atoms with Crippen LogP contribution in [0.25, 0.3) is 0 Å². The van der Waals surface area contributed by atoms with E-state index < -0.39 is 0 Å². The van der Waals surface area contributed by atoms with E-state index >= 15 is 0 Å². The Bertz CT molecular complexity index is 1050. The highest BCUT2D eigenvalue weighted by atomic mass is 16.2. The first-order valence-corrected chi connectivity index (χ1v) is 11.3. The van der Waals surface area contributed by atoms with Crippen LogP contribution in [0.15, 0.2) is 60.8 Å². The van der Waals surface area contributed by atoms with E-state index in [4.69, 9.17) is 0 Å². The second-order valence-corrected chi connectivity index (χ2v) is 8.40. The summed E-state index contributed by atoms with van der Waals surface area (Å²) in [4.78, 5) is 29.8. The van der Waals surface area contributed by atoms with E-state index in [2.05, 4.69) is 10.2 Å². The van der Waals surface area contributed by atoms with Crippen molar-refractivity contribution < 1.29 is 9.59 Å². The number of aryl methyl sites for hydroxylation is 1. The Morgan fingerprint density at radius 1 is 1.06 bits per heavy atom. The van der Waals surface area contributed by atoms with E-state index in [1.165, 1.54) is 5.56 Å². The molecule has 1 N–H and O–H groups in total. The van der Waals surface area contributed by atoms with Crippen molar-refractivity contribution in [2.75, 3.05) is 24.5 Å². The van der Waals surface area contributed by atoms with Crippen LogP contribution < -0.4 is 4.90 Å². The number of H-pyrrole nitrogens is 1. The molecule has 1 aliphatic rings. The molecule has 0 saturated carbocycles. The number of hydrogen-bond donors (Lipinski definition) is 1. The van der Waals surface area contributed by atoms with Crippen molar-refractivity contribution in [3.8, 4) is 0 Å². The molecule has 2 aromatic carbocycles. The number of carbonyl (C=O) groups is 2. The third kappa shape index (κ3) is 4.74. The Balaban J connectivity index is 1.40. The fraction of sp³-hybridized carbons (Fsp3) is 0.346. The summed E-state index contributed by atoms with van der Waals surface area (Å²) >= 11 is 0. The zero-order valence-corrected chi connectivity index (χ0v) is 18.8. The van der Waals surface area contributed by atoms with Gasteiger partial charge in [-0.25, -0.2) is 0 Å². The van der Waals surface area contributed by atoms with Crippen LogP contribution in [0.5, 0.6) is 0 Å². The summed E-state index contributed by atoms with van der Waals surface area (Å²) < 4.78 is 0. The number of anilines is 1. The lowest BCUT2D eigenvalue weighted by Crippen LogP contribution is -2.39. The number of rotatable bonds is 6. The zero-order valence-electron chi connectivity index (χ0n) is 18.8. The molecule has 32 heavy (non-hydrogen) atoms.